The van der Waals surface area contributed by atoms with Crippen molar-refractivity contribution in [3.05, 3.63) is 47.3 Å². The Morgan fingerprint density at radius 3 is 3.15 bits per heavy atom. The lowest BCUT2D eigenvalue weighted by Gasteiger charge is -2.25. The lowest BCUT2D eigenvalue weighted by Crippen LogP contribution is -2.41. The minimum Gasteiger partial charge on any atom is -0.493 e. The van der Waals surface area contributed by atoms with E-state index in [0.717, 1.165) is 53.7 Å². The molecule has 0 saturated carbocycles. The van der Waals surface area contributed by atoms with Crippen LogP contribution >= 0.6 is 0 Å². The number of aryl methyl sites for hydroxylation is 1. The highest BCUT2D eigenvalue weighted by Crippen LogP contribution is 2.28. The fourth-order valence-electron chi connectivity index (χ4n) is 3.89. The highest BCUT2D eigenvalue weighted by Gasteiger charge is 2.23. The van der Waals surface area contributed by atoms with Crippen molar-refractivity contribution in [1.29, 1.82) is 0 Å². The van der Waals surface area contributed by atoms with Crippen LogP contribution in [0, 0.1) is 0 Å². The number of aromatic amines is 1. The van der Waals surface area contributed by atoms with E-state index in [0.29, 0.717) is 6.61 Å². The second kappa shape index (κ2) is 6.01. The molecular weight excluding hydrogens is 330 g/mol. The van der Waals surface area contributed by atoms with Crippen molar-refractivity contribution >= 4 is 22.8 Å². The van der Waals surface area contributed by atoms with E-state index in [1.165, 1.54) is 11.1 Å². The van der Waals surface area contributed by atoms with Crippen molar-refractivity contribution in [2.24, 2.45) is 0 Å². The number of aromatic nitrogens is 3. The van der Waals surface area contributed by atoms with Crippen LogP contribution in [0.3, 0.4) is 0 Å². The molecule has 26 heavy (non-hydrogen) atoms. The van der Waals surface area contributed by atoms with E-state index in [2.05, 4.69) is 25.8 Å². The first-order chi connectivity index (χ1) is 12.8. The number of amides is 2. The van der Waals surface area contributed by atoms with Crippen molar-refractivity contribution < 1.29 is 9.53 Å². The van der Waals surface area contributed by atoms with Gasteiger partial charge in [0.05, 0.1) is 12.8 Å². The molecule has 7 heteroatoms. The SMILES string of the molecule is O=C(Nc1ccc2c(c1)CCO2)NC1CCc2c(cnc3[nH]ncc23)C1. The Kier molecular flexibility index (Phi) is 3.51. The number of fused-ring (bicyclic) bond motifs is 4. The highest BCUT2D eigenvalue weighted by atomic mass is 16.5. The summed E-state index contributed by atoms with van der Waals surface area (Å²) in [6.45, 7) is 0.713. The predicted octanol–water partition coefficient (Wildman–Crippen LogP) is 2.57. The Hall–Kier alpha value is -3.09. The molecule has 3 N–H and O–H groups in total. The van der Waals surface area contributed by atoms with Crippen molar-refractivity contribution in [3.63, 3.8) is 0 Å². The summed E-state index contributed by atoms with van der Waals surface area (Å²) < 4.78 is 5.50. The lowest BCUT2D eigenvalue weighted by atomic mass is 9.88. The van der Waals surface area contributed by atoms with Gasteiger partial charge in [0, 0.05) is 29.7 Å². The first-order valence-corrected chi connectivity index (χ1v) is 8.89. The maximum atomic E-state index is 12.4. The molecule has 5 rings (SSSR count). The van der Waals surface area contributed by atoms with E-state index < -0.39 is 0 Å². The van der Waals surface area contributed by atoms with E-state index in [-0.39, 0.29) is 12.1 Å². The van der Waals surface area contributed by atoms with Gasteiger partial charge in [0.2, 0.25) is 0 Å². The number of hydrogen-bond donors (Lipinski definition) is 3. The van der Waals surface area contributed by atoms with Crippen LogP contribution < -0.4 is 15.4 Å². The summed E-state index contributed by atoms with van der Waals surface area (Å²) >= 11 is 0. The molecule has 0 fully saturated rings. The number of nitrogens with one attached hydrogen (secondary N) is 3. The Morgan fingerprint density at radius 1 is 1.23 bits per heavy atom. The topological polar surface area (TPSA) is 91.9 Å². The van der Waals surface area contributed by atoms with Crippen LogP contribution in [0.4, 0.5) is 10.5 Å². The number of urea groups is 1. The van der Waals surface area contributed by atoms with Gasteiger partial charge in [-0.3, -0.25) is 5.10 Å². The molecule has 1 unspecified atom stereocenters. The van der Waals surface area contributed by atoms with Gasteiger partial charge in [0.25, 0.3) is 0 Å². The number of anilines is 1. The second-order valence-corrected chi connectivity index (χ2v) is 6.85. The molecule has 0 saturated heterocycles. The number of carbonyl (C=O) groups excluding carboxylic acids is 1. The molecule has 2 aliphatic rings. The molecule has 1 atom stereocenters. The first-order valence-electron chi connectivity index (χ1n) is 8.89. The molecule has 7 nitrogen and oxygen atoms in total. The van der Waals surface area contributed by atoms with E-state index in [1.54, 1.807) is 0 Å². The van der Waals surface area contributed by atoms with Crippen LogP contribution in [0.1, 0.15) is 23.1 Å². The quantitative estimate of drug-likeness (QED) is 0.663. The van der Waals surface area contributed by atoms with Gasteiger partial charge in [-0.15, -0.1) is 0 Å². The van der Waals surface area contributed by atoms with Crippen molar-refractivity contribution in [3.8, 4) is 5.75 Å². The highest BCUT2D eigenvalue weighted by molar-refractivity contribution is 5.89. The van der Waals surface area contributed by atoms with Crippen molar-refractivity contribution in [1.82, 2.24) is 20.5 Å². The Labute approximate surface area is 150 Å². The molecule has 2 amide bonds. The second-order valence-electron chi connectivity index (χ2n) is 6.85. The van der Waals surface area contributed by atoms with Gasteiger partial charge in [-0.05, 0) is 54.2 Å². The minimum absolute atomic E-state index is 0.103. The third-order valence-electron chi connectivity index (χ3n) is 5.17. The molecule has 1 aliphatic heterocycles. The summed E-state index contributed by atoms with van der Waals surface area (Å²) in [5.74, 6) is 0.915. The monoisotopic (exact) mass is 349 g/mol. The lowest BCUT2D eigenvalue weighted by molar-refractivity contribution is 0.247. The summed E-state index contributed by atoms with van der Waals surface area (Å²) in [6.07, 6.45) is 7.22. The van der Waals surface area contributed by atoms with Gasteiger partial charge in [-0.1, -0.05) is 0 Å². The number of benzene rings is 1. The van der Waals surface area contributed by atoms with Crippen molar-refractivity contribution in [2.45, 2.75) is 31.7 Å². The maximum absolute atomic E-state index is 12.4. The fraction of sp³-hybridized carbons (Fsp3) is 0.316. The van der Waals surface area contributed by atoms with Crippen LogP contribution in [0.2, 0.25) is 0 Å². The van der Waals surface area contributed by atoms with Gasteiger partial charge in [0.15, 0.2) is 5.65 Å². The predicted molar refractivity (Wildman–Crippen MR) is 97.5 cm³/mol. The average Bonchev–Trinajstić information content (AvgIpc) is 3.30. The van der Waals surface area contributed by atoms with Crippen LogP contribution in [0.25, 0.3) is 11.0 Å². The average molecular weight is 349 g/mol. The summed E-state index contributed by atoms with van der Waals surface area (Å²) in [4.78, 5) is 16.8. The molecule has 3 aromatic rings. The van der Waals surface area contributed by atoms with E-state index >= 15 is 0 Å². The van der Waals surface area contributed by atoms with Crippen molar-refractivity contribution in [2.75, 3.05) is 11.9 Å². The van der Waals surface area contributed by atoms with Crippen LogP contribution in [0.15, 0.2) is 30.6 Å². The number of H-pyrrole nitrogens is 1. The largest absolute Gasteiger partial charge is 0.493 e. The smallest absolute Gasteiger partial charge is 0.319 e. The molecule has 1 aromatic carbocycles. The first kappa shape index (κ1) is 15.2. The van der Waals surface area contributed by atoms with E-state index in [1.807, 2.05) is 30.6 Å². The number of rotatable bonds is 2. The third-order valence-corrected chi connectivity index (χ3v) is 5.17. The van der Waals surface area contributed by atoms with Crippen LogP contribution in [0.5, 0.6) is 5.75 Å². The standard InChI is InChI=1S/C19H19N5O2/c25-19(23-14-2-4-17-11(7-14)5-6-26-17)22-13-1-3-15-12(8-13)9-20-18-16(15)10-21-24-18/h2,4,7,9-10,13H,1,3,5-6,8H2,(H,20,21,24)(H2,22,23,25). The maximum Gasteiger partial charge on any atom is 0.319 e. The molecule has 132 valence electrons. The molecule has 3 heterocycles. The number of nitrogens with zero attached hydrogens (tertiary/aromatic N) is 2. The number of pyridine rings is 1. The molecular formula is C19H19N5O2. The number of carbonyl (C=O) groups is 1. The van der Waals surface area contributed by atoms with Gasteiger partial charge < -0.3 is 15.4 Å². The summed E-state index contributed by atoms with van der Waals surface area (Å²) in [6, 6.07) is 5.70. The van der Waals surface area contributed by atoms with Crippen LogP contribution in [-0.4, -0.2) is 33.9 Å². The molecule has 1 aliphatic carbocycles. The minimum atomic E-state index is -0.172. The van der Waals surface area contributed by atoms with Gasteiger partial charge in [-0.25, -0.2) is 9.78 Å². The summed E-state index contributed by atoms with van der Waals surface area (Å²) in [7, 11) is 0. The fourth-order valence-corrected chi connectivity index (χ4v) is 3.89. The zero-order valence-electron chi connectivity index (χ0n) is 14.2. The summed E-state index contributed by atoms with van der Waals surface area (Å²) in [5.41, 5.74) is 5.24. The van der Waals surface area contributed by atoms with Gasteiger partial charge >= 0.3 is 6.03 Å². The Bertz CT molecular complexity index is 997. The van der Waals surface area contributed by atoms with E-state index in [4.69, 9.17) is 4.74 Å². The number of hydrogen-bond acceptors (Lipinski definition) is 4. The molecule has 0 bridgehead atoms. The Morgan fingerprint density at radius 2 is 2.19 bits per heavy atom. The Balaban J connectivity index is 1.26. The van der Waals surface area contributed by atoms with E-state index in [9.17, 15) is 4.79 Å². The zero-order valence-corrected chi connectivity index (χ0v) is 14.2. The molecule has 0 radical (unpaired) electrons. The van der Waals surface area contributed by atoms with Crippen LogP contribution in [-0.2, 0) is 19.3 Å². The van der Waals surface area contributed by atoms with Gasteiger partial charge in [-0.2, -0.15) is 5.10 Å². The zero-order chi connectivity index (χ0) is 17.5. The number of ether oxygens (including phenoxy) is 1. The normalized spacial score (nSPS) is 18.1. The summed E-state index contributed by atoms with van der Waals surface area (Å²) in [5, 5.41) is 14.1. The van der Waals surface area contributed by atoms with Gasteiger partial charge in [0.1, 0.15) is 5.75 Å². The third kappa shape index (κ3) is 2.65. The molecule has 0 spiro atoms. The molecule has 2 aromatic heterocycles.